The summed E-state index contributed by atoms with van der Waals surface area (Å²) in [7, 11) is 0. The van der Waals surface area contributed by atoms with Crippen LogP contribution in [0.4, 0.5) is 0 Å². The highest BCUT2D eigenvalue weighted by atomic mass is 35.5. The number of hydrogen-bond donors (Lipinski definition) is 1. The zero-order valence-corrected chi connectivity index (χ0v) is 12.4. The highest BCUT2D eigenvalue weighted by Gasteiger charge is 2.17. The van der Waals surface area contributed by atoms with Crippen molar-refractivity contribution in [1.29, 1.82) is 0 Å². The molecule has 1 atom stereocenters. The van der Waals surface area contributed by atoms with E-state index in [1.54, 1.807) is 11.3 Å². The number of aryl methyl sites for hydroxylation is 3. The zero-order chi connectivity index (χ0) is 13.3. The fraction of sp³-hybridized carbons (Fsp3) is 0.357. The first kappa shape index (κ1) is 13.5. The number of benzene rings is 1. The van der Waals surface area contributed by atoms with Crippen LogP contribution in [0.1, 0.15) is 39.7 Å². The quantitative estimate of drug-likeness (QED) is 0.922. The summed E-state index contributed by atoms with van der Waals surface area (Å²) in [6.07, 6.45) is 0.953. The second-order valence-corrected chi connectivity index (χ2v) is 6.06. The van der Waals surface area contributed by atoms with E-state index in [9.17, 15) is 0 Å². The molecule has 4 heteroatoms. The van der Waals surface area contributed by atoms with E-state index in [0.29, 0.717) is 0 Å². The van der Waals surface area contributed by atoms with E-state index in [1.165, 1.54) is 4.88 Å². The van der Waals surface area contributed by atoms with Gasteiger partial charge >= 0.3 is 0 Å². The van der Waals surface area contributed by atoms with Gasteiger partial charge in [-0.3, -0.25) is 0 Å². The Labute approximate surface area is 117 Å². The topological polar surface area (TPSA) is 38.9 Å². The van der Waals surface area contributed by atoms with Crippen LogP contribution in [-0.2, 0) is 6.42 Å². The maximum Gasteiger partial charge on any atom is 0.114 e. The maximum absolute atomic E-state index is 6.31. The fourth-order valence-corrected chi connectivity index (χ4v) is 3.29. The summed E-state index contributed by atoms with van der Waals surface area (Å²) in [4.78, 5) is 5.89. The Balaban J connectivity index is 2.37. The van der Waals surface area contributed by atoms with Gasteiger partial charge in [-0.25, -0.2) is 4.98 Å². The lowest BCUT2D eigenvalue weighted by Crippen LogP contribution is -2.13. The Morgan fingerprint density at radius 2 is 2.11 bits per heavy atom. The number of thiazole rings is 1. The summed E-state index contributed by atoms with van der Waals surface area (Å²) < 4.78 is 0. The van der Waals surface area contributed by atoms with Crippen LogP contribution in [0.5, 0.6) is 0 Å². The second-order valence-electron chi connectivity index (χ2n) is 4.39. The van der Waals surface area contributed by atoms with E-state index in [4.69, 9.17) is 17.3 Å². The van der Waals surface area contributed by atoms with Crippen LogP contribution < -0.4 is 5.73 Å². The van der Waals surface area contributed by atoms with E-state index in [0.717, 1.165) is 33.3 Å². The predicted octanol–water partition coefficient (Wildman–Crippen LogP) is 4.02. The second kappa shape index (κ2) is 5.39. The predicted molar refractivity (Wildman–Crippen MR) is 78.4 cm³/mol. The van der Waals surface area contributed by atoms with Crippen molar-refractivity contribution in [3.05, 3.63) is 49.9 Å². The van der Waals surface area contributed by atoms with E-state index in [2.05, 4.69) is 18.8 Å². The van der Waals surface area contributed by atoms with Crippen molar-refractivity contribution >= 4 is 22.9 Å². The average molecular weight is 281 g/mol. The van der Waals surface area contributed by atoms with Crippen LogP contribution in [0.25, 0.3) is 0 Å². The smallest absolute Gasteiger partial charge is 0.114 e. The molecular weight excluding hydrogens is 264 g/mol. The van der Waals surface area contributed by atoms with Crippen molar-refractivity contribution in [2.75, 3.05) is 0 Å². The monoisotopic (exact) mass is 280 g/mol. The summed E-state index contributed by atoms with van der Waals surface area (Å²) in [6.45, 7) is 6.24. The van der Waals surface area contributed by atoms with Gasteiger partial charge in [-0.05, 0) is 43.5 Å². The molecule has 0 radical (unpaired) electrons. The zero-order valence-electron chi connectivity index (χ0n) is 10.8. The van der Waals surface area contributed by atoms with Gasteiger partial charge in [-0.15, -0.1) is 11.3 Å². The van der Waals surface area contributed by atoms with E-state index < -0.39 is 0 Å². The maximum atomic E-state index is 6.31. The number of hydrogen-bond acceptors (Lipinski definition) is 3. The summed E-state index contributed by atoms with van der Waals surface area (Å²) in [5, 5.41) is 1.72. The molecule has 0 saturated heterocycles. The fourth-order valence-electron chi connectivity index (χ4n) is 2.03. The molecule has 2 aromatic rings. The molecule has 0 amide bonds. The molecule has 0 saturated carbocycles. The van der Waals surface area contributed by atoms with Crippen molar-refractivity contribution in [1.82, 2.24) is 4.98 Å². The van der Waals surface area contributed by atoms with Gasteiger partial charge in [0.15, 0.2) is 0 Å². The van der Waals surface area contributed by atoms with Crippen molar-refractivity contribution in [2.24, 2.45) is 5.73 Å². The SMILES string of the molecule is CCc1nc(C(N)c2ccc(Cl)cc2C)sc1C. The van der Waals surface area contributed by atoms with E-state index in [-0.39, 0.29) is 6.04 Å². The van der Waals surface area contributed by atoms with Gasteiger partial charge in [0.1, 0.15) is 5.01 Å². The van der Waals surface area contributed by atoms with Gasteiger partial charge < -0.3 is 5.73 Å². The minimum Gasteiger partial charge on any atom is -0.318 e. The first-order valence-electron chi connectivity index (χ1n) is 6.00. The van der Waals surface area contributed by atoms with Crippen molar-refractivity contribution < 1.29 is 0 Å². The van der Waals surface area contributed by atoms with Gasteiger partial charge in [0.25, 0.3) is 0 Å². The van der Waals surface area contributed by atoms with Gasteiger partial charge in [0, 0.05) is 9.90 Å². The molecule has 0 fully saturated rings. The summed E-state index contributed by atoms with van der Waals surface area (Å²) in [5.74, 6) is 0. The summed E-state index contributed by atoms with van der Waals surface area (Å²) in [6, 6.07) is 5.65. The van der Waals surface area contributed by atoms with Crippen LogP contribution in [0.3, 0.4) is 0 Å². The highest BCUT2D eigenvalue weighted by Crippen LogP contribution is 2.29. The lowest BCUT2D eigenvalue weighted by Gasteiger charge is -2.12. The molecule has 1 heterocycles. The third kappa shape index (κ3) is 2.58. The molecule has 0 aliphatic rings. The van der Waals surface area contributed by atoms with E-state index >= 15 is 0 Å². The Morgan fingerprint density at radius 3 is 2.67 bits per heavy atom. The molecule has 96 valence electrons. The largest absolute Gasteiger partial charge is 0.318 e. The molecular formula is C14H17ClN2S. The minimum atomic E-state index is -0.161. The normalized spacial score (nSPS) is 12.7. The summed E-state index contributed by atoms with van der Waals surface area (Å²) >= 11 is 7.65. The van der Waals surface area contributed by atoms with Crippen LogP contribution in [-0.4, -0.2) is 4.98 Å². The lowest BCUT2D eigenvalue weighted by molar-refractivity contribution is 0.836. The Bertz CT molecular complexity index is 563. The molecule has 0 aliphatic carbocycles. The van der Waals surface area contributed by atoms with Crippen molar-refractivity contribution in [3.8, 4) is 0 Å². The van der Waals surface area contributed by atoms with Gasteiger partial charge in [-0.2, -0.15) is 0 Å². The van der Waals surface area contributed by atoms with Crippen molar-refractivity contribution in [2.45, 2.75) is 33.2 Å². The molecule has 2 nitrogen and oxygen atoms in total. The molecule has 1 aromatic heterocycles. The molecule has 1 aromatic carbocycles. The number of nitrogens with two attached hydrogens (primary N) is 1. The van der Waals surface area contributed by atoms with Gasteiger partial charge in [-0.1, -0.05) is 24.6 Å². The molecule has 0 bridgehead atoms. The number of aromatic nitrogens is 1. The Morgan fingerprint density at radius 1 is 1.39 bits per heavy atom. The molecule has 1 unspecified atom stereocenters. The molecule has 2 rings (SSSR count). The van der Waals surface area contributed by atoms with Crippen LogP contribution in [0, 0.1) is 13.8 Å². The third-order valence-electron chi connectivity index (χ3n) is 3.08. The van der Waals surface area contributed by atoms with Crippen LogP contribution in [0.2, 0.25) is 5.02 Å². The molecule has 0 aliphatic heterocycles. The number of rotatable bonds is 3. The lowest BCUT2D eigenvalue weighted by atomic mass is 10.0. The third-order valence-corrected chi connectivity index (χ3v) is 4.41. The van der Waals surface area contributed by atoms with Crippen LogP contribution in [0.15, 0.2) is 18.2 Å². The number of nitrogens with zero attached hydrogens (tertiary/aromatic N) is 1. The molecule has 18 heavy (non-hydrogen) atoms. The standard InChI is InChI=1S/C14H17ClN2S/c1-4-12-9(3)18-14(17-12)13(16)11-6-5-10(15)7-8(11)2/h5-7,13H,4,16H2,1-3H3. The average Bonchev–Trinajstić information content (AvgIpc) is 2.70. The van der Waals surface area contributed by atoms with Crippen LogP contribution >= 0.6 is 22.9 Å². The minimum absolute atomic E-state index is 0.161. The molecule has 2 N–H and O–H groups in total. The molecule has 0 spiro atoms. The van der Waals surface area contributed by atoms with E-state index in [1.807, 2.05) is 25.1 Å². The van der Waals surface area contributed by atoms with Crippen molar-refractivity contribution in [3.63, 3.8) is 0 Å². The Kier molecular flexibility index (Phi) is 4.05. The number of halogens is 1. The van der Waals surface area contributed by atoms with Gasteiger partial charge in [0.05, 0.1) is 11.7 Å². The van der Waals surface area contributed by atoms with Gasteiger partial charge in [0.2, 0.25) is 0 Å². The first-order chi connectivity index (χ1) is 8.52. The Hall–Kier alpha value is -0.900. The highest BCUT2D eigenvalue weighted by molar-refractivity contribution is 7.11. The summed E-state index contributed by atoms with van der Waals surface area (Å²) in [5.41, 5.74) is 9.66. The first-order valence-corrected chi connectivity index (χ1v) is 7.20.